The number of benzene rings is 1. The molecule has 9 nitrogen and oxygen atoms in total. The summed E-state index contributed by atoms with van der Waals surface area (Å²) < 4.78 is 5.94. The lowest BCUT2D eigenvalue weighted by atomic mass is 10.1. The van der Waals surface area contributed by atoms with Crippen LogP contribution >= 0.6 is 0 Å². The van der Waals surface area contributed by atoms with Gasteiger partial charge in [-0.05, 0) is 36.7 Å². The van der Waals surface area contributed by atoms with Gasteiger partial charge in [-0.2, -0.15) is 0 Å². The molecule has 3 N–H and O–H groups in total. The van der Waals surface area contributed by atoms with Crippen LogP contribution in [0.1, 0.15) is 12.5 Å². The number of carbonyl (C=O) groups excluding carboxylic acids is 2. The van der Waals surface area contributed by atoms with Gasteiger partial charge in [0, 0.05) is 45.6 Å². The van der Waals surface area contributed by atoms with Gasteiger partial charge in [-0.25, -0.2) is 9.59 Å². The molecule has 0 atom stereocenters. The summed E-state index contributed by atoms with van der Waals surface area (Å²) in [5.41, 5.74) is 2.06. The summed E-state index contributed by atoms with van der Waals surface area (Å²) >= 11 is 0. The first-order valence-electron chi connectivity index (χ1n) is 10.1. The number of carbonyl (C=O) groups is 2. The van der Waals surface area contributed by atoms with Gasteiger partial charge in [-0.1, -0.05) is 25.7 Å². The molecule has 0 aliphatic rings. The number of amides is 1. The van der Waals surface area contributed by atoms with Gasteiger partial charge in [-0.15, -0.1) is 4.73 Å². The summed E-state index contributed by atoms with van der Waals surface area (Å²) in [6.45, 7) is 8.47. The van der Waals surface area contributed by atoms with Crippen LogP contribution in [0.5, 0.6) is 11.8 Å². The molecule has 174 valence electrons. The van der Waals surface area contributed by atoms with Crippen molar-refractivity contribution in [2.45, 2.75) is 32.6 Å². The lowest BCUT2D eigenvalue weighted by molar-refractivity contribution is -0.140. The van der Waals surface area contributed by atoms with Gasteiger partial charge in [0.15, 0.2) is 0 Å². The summed E-state index contributed by atoms with van der Waals surface area (Å²) in [5, 5.41) is 22.0. The minimum Gasteiger partial charge on any atom is -0.492 e. The van der Waals surface area contributed by atoms with Crippen molar-refractivity contribution >= 4 is 37.6 Å². The van der Waals surface area contributed by atoms with E-state index in [0.29, 0.717) is 22.6 Å². The van der Waals surface area contributed by atoms with Crippen LogP contribution in [-0.4, -0.2) is 55.8 Å². The SMILES string of the molecule is CC(=Cc1ccc(N(C)C)cc1NC(=O)OCC[Si](C)(C)C)C(=O)On1c(O)ccc1O. The highest BCUT2D eigenvalue weighted by atomic mass is 28.3. The number of hydrogen-bond acceptors (Lipinski definition) is 7. The maximum atomic E-state index is 12.4. The minimum atomic E-state index is -1.33. The normalized spacial score (nSPS) is 11.8. The lowest BCUT2D eigenvalue weighted by Gasteiger charge is -2.18. The highest BCUT2D eigenvalue weighted by Crippen LogP contribution is 2.26. The smallest absolute Gasteiger partial charge is 0.411 e. The van der Waals surface area contributed by atoms with Crippen molar-refractivity contribution in [3.8, 4) is 11.8 Å². The molecule has 1 amide bonds. The molecule has 0 aliphatic heterocycles. The third-order valence-electron chi connectivity index (χ3n) is 4.54. The maximum absolute atomic E-state index is 12.4. The van der Waals surface area contributed by atoms with E-state index in [1.807, 2.05) is 25.1 Å². The predicted molar refractivity (Wildman–Crippen MR) is 127 cm³/mol. The fraction of sp³-hybridized carbons (Fsp3) is 0.364. The number of aromatic nitrogens is 1. The van der Waals surface area contributed by atoms with Crippen molar-refractivity contribution in [3.63, 3.8) is 0 Å². The number of hydrogen-bond donors (Lipinski definition) is 3. The molecule has 0 aliphatic carbocycles. The molecular weight excluding hydrogens is 430 g/mol. The van der Waals surface area contributed by atoms with Crippen LogP contribution in [0.15, 0.2) is 35.9 Å². The van der Waals surface area contributed by atoms with Crippen LogP contribution in [-0.2, 0) is 9.53 Å². The Morgan fingerprint density at radius 2 is 1.75 bits per heavy atom. The van der Waals surface area contributed by atoms with Gasteiger partial charge in [0.25, 0.3) is 0 Å². The first kappa shape index (κ1) is 24.9. The van der Waals surface area contributed by atoms with Crippen molar-refractivity contribution in [1.82, 2.24) is 4.73 Å². The average molecular weight is 462 g/mol. The third-order valence-corrected chi connectivity index (χ3v) is 6.25. The molecule has 0 saturated heterocycles. The zero-order chi connectivity index (χ0) is 24.1. The number of anilines is 2. The number of nitrogens with one attached hydrogen (secondary N) is 1. The second kappa shape index (κ2) is 10.3. The van der Waals surface area contributed by atoms with Crippen LogP contribution in [0.3, 0.4) is 0 Å². The molecule has 0 fully saturated rings. The van der Waals surface area contributed by atoms with Crippen LogP contribution in [0, 0.1) is 0 Å². The number of aromatic hydroxyl groups is 2. The van der Waals surface area contributed by atoms with E-state index in [0.717, 1.165) is 11.7 Å². The summed E-state index contributed by atoms with van der Waals surface area (Å²) in [6.07, 6.45) is 0.966. The Hall–Kier alpha value is -3.40. The van der Waals surface area contributed by atoms with Crippen molar-refractivity contribution < 1.29 is 29.4 Å². The van der Waals surface area contributed by atoms with Crippen LogP contribution < -0.4 is 15.1 Å². The molecule has 0 spiro atoms. The first-order chi connectivity index (χ1) is 14.9. The molecule has 0 saturated carbocycles. The average Bonchev–Trinajstić information content (AvgIpc) is 3.00. The molecule has 32 heavy (non-hydrogen) atoms. The summed E-state index contributed by atoms with van der Waals surface area (Å²) in [6, 6.07) is 8.61. The maximum Gasteiger partial charge on any atom is 0.411 e. The predicted octanol–water partition coefficient (Wildman–Crippen LogP) is 3.91. The second-order valence-corrected chi connectivity index (χ2v) is 14.4. The number of ether oxygens (including phenoxy) is 1. The van der Waals surface area contributed by atoms with E-state index < -0.39 is 31.9 Å². The van der Waals surface area contributed by atoms with Gasteiger partial charge in [-0.3, -0.25) is 5.32 Å². The van der Waals surface area contributed by atoms with Crippen molar-refractivity contribution in [2.75, 3.05) is 30.9 Å². The van der Waals surface area contributed by atoms with Gasteiger partial charge >= 0.3 is 12.1 Å². The number of rotatable bonds is 8. The summed E-state index contributed by atoms with van der Waals surface area (Å²) in [4.78, 5) is 31.6. The Kier molecular flexibility index (Phi) is 7.98. The Balaban J connectivity index is 2.22. The van der Waals surface area contributed by atoms with E-state index in [1.54, 1.807) is 12.1 Å². The van der Waals surface area contributed by atoms with E-state index >= 15 is 0 Å². The number of nitrogens with zero attached hydrogens (tertiary/aromatic N) is 2. The van der Waals surface area contributed by atoms with E-state index in [4.69, 9.17) is 9.57 Å². The molecule has 2 aromatic rings. The fourth-order valence-corrected chi connectivity index (χ4v) is 3.31. The van der Waals surface area contributed by atoms with Crippen molar-refractivity contribution in [2.24, 2.45) is 0 Å². The molecule has 1 aromatic heterocycles. The van der Waals surface area contributed by atoms with Gasteiger partial charge < -0.3 is 24.7 Å². The van der Waals surface area contributed by atoms with E-state index in [2.05, 4.69) is 25.0 Å². The molecule has 0 bridgehead atoms. The van der Waals surface area contributed by atoms with Crippen LogP contribution in [0.25, 0.3) is 6.08 Å². The Morgan fingerprint density at radius 3 is 2.31 bits per heavy atom. The largest absolute Gasteiger partial charge is 0.492 e. The second-order valence-electron chi connectivity index (χ2n) is 8.79. The molecule has 1 aromatic carbocycles. The molecule has 0 unspecified atom stereocenters. The topological polar surface area (TPSA) is 113 Å². The van der Waals surface area contributed by atoms with Crippen molar-refractivity contribution in [3.05, 3.63) is 41.5 Å². The molecular formula is C22H31N3O6Si. The highest BCUT2D eigenvalue weighted by Gasteiger charge is 2.17. The molecule has 0 radical (unpaired) electrons. The fourth-order valence-electron chi connectivity index (χ4n) is 2.59. The monoisotopic (exact) mass is 461 g/mol. The zero-order valence-electron chi connectivity index (χ0n) is 19.3. The Morgan fingerprint density at radius 1 is 1.12 bits per heavy atom. The van der Waals surface area contributed by atoms with E-state index in [9.17, 15) is 19.8 Å². The standard InChI is InChI=1S/C22H31N3O6Si/c1-15(21(28)31-25-19(26)9-10-20(25)27)13-16-7-8-17(24(2)3)14-18(16)23-22(29)30-11-12-32(4,5)6/h7-10,13-14,26-27H,11-12H2,1-6H3,(H,23,29). The van der Waals surface area contributed by atoms with Crippen LogP contribution in [0.2, 0.25) is 25.7 Å². The quantitative estimate of drug-likeness (QED) is 0.403. The third kappa shape index (κ3) is 7.08. The summed E-state index contributed by atoms with van der Waals surface area (Å²) in [5.74, 6) is -1.61. The summed E-state index contributed by atoms with van der Waals surface area (Å²) in [7, 11) is 2.42. The molecule has 10 heteroatoms. The van der Waals surface area contributed by atoms with Crippen molar-refractivity contribution in [1.29, 1.82) is 0 Å². The van der Waals surface area contributed by atoms with Gasteiger partial charge in [0.05, 0.1) is 12.3 Å². The highest BCUT2D eigenvalue weighted by molar-refractivity contribution is 6.76. The van der Waals surface area contributed by atoms with E-state index in [-0.39, 0.29) is 5.57 Å². The zero-order valence-corrected chi connectivity index (χ0v) is 20.3. The van der Waals surface area contributed by atoms with Crippen LogP contribution in [0.4, 0.5) is 16.2 Å². The van der Waals surface area contributed by atoms with Gasteiger partial charge in [0.1, 0.15) is 0 Å². The first-order valence-corrected chi connectivity index (χ1v) is 13.8. The Labute approximate surface area is 188 Å². The molecule has 2 rings (SSSR count). The molecule has 1 heterocycles. The van der Waals surface area contributed by atoms with E-state index in [1.165, 1.54) is 25.1 Å². The minimum absolute atomic E-state index is 0.185. The Bertz CT molecular complexity index is 988. The lowest BCUT2D eigenvalue weighted by Crippen LogP contribution is -2.24. The van der Waals surface area contributed by atoms with Gasteiger partial charge in [0.2, 0.25) is 11.8 Å².